The number of hydrogen-bond donors (Lipinski definition) is 3. The maximum Gasteiger partial charge on any atom is 0.245 e. The molecule has 0 saturated heterocycles. The van der Waals surface area contributed by atoms with E-state index in [1.54, 1.807) is 13.1 Å². The van der Waals surface area contributed by atoms with Gasteiger partial charge in [0, 0.05) is 24.2 Å². The minimum Gasteiger partial charge on any atom is -0.373 e. The first kappa shape index (κ1) is 16.1. The van der Waals surface area contributed by atoms with Crippen LogP contribution in [0.5, 0.6) is 0 Å². The second-order valence-electron chi connectivity index (χ2n) is 6.41. The number of likely N-dealkylation sites (N-methyl/N-ethyl adjacent to an activating group) is 1. The van der Waals surface area contributed by atoms with Gasteiger partial charge in [-0.3, -0.25) is 9.59 Å². The lowest BCUT2D eigenvalue weighted by molar-refractivity contribution is -0.135. The Kier molecular flexibility index (Phi) is 4.48. The molecule has 6 heteroatoms. The molecular weight excluding hydrogens is 314 g/mol. The molecule has 1 unspecified atom stereocenters. The molecule has 1 aromatic rings. The minimum absolute atomic E-state index is 0.0934. The third kappa shape index (κ3) is 3.15. The van der Waals surface area contributed by atoms with Crippen molar-refractivity contribution in [3.8, 4) is 0 Å². The predicted molar refractivity (Wildman–Crippen MR) is 90.6 cm³/mol. The summed E-state index contributed by atoms with van der Waals surface area (Å²) in [5, 5.41) is 9.62. The van der Waals surface area contributed by atoms with Crippen molar-refractivity contribution in [3.63, 3.8) is 0 Å². The van der Waals surface area contributed by atoms with Crippen LogP contribution in [-0.4, -0.2) is 30.4 Å². The van der Waals surface area contributed by atoms with Crippen LogP contribution >= 0.6 is 11.6 Å². The van der Waals surface area contributed by atoms with Gasteiger partial charge in [0.2, 0.25) is 11.8 Å². The van der Waals surface area contributed by atoms with Gasteiger partial charge in [-0.2, -0.15) is 0 Å². The molecule has 1 aliphatic carbocycles. The second kappa shape index (κ2) is 6.40. The molecule has 0 spiro atoms. The van der Waals surface area contributed by atoms with Gasteiger partial charge in [0.25, 0.3) is 0 Å². The highest BCUT2D eigenvalue weighted by molar-refractivity contribution is 6.30. The average molecular weight is 336 g/mol. The lowest BCUT2D eigenvalue weighted by atomic mass is 9.80. The Morgan fingerprint density at radius 2 is 2.00 bits per heavy atom. The first-order valence-electron chi connectivity index (χ1n) is 8.13. The molecule has 2 aliphatic rings. The van der Waals surface area contributed by atoms with E-state index in [9.17, 15) is 9.59 Å². The molecule has 2 amide bonds. The zero-order valence-corrected chi connectivity index (χ0v) is 14.0. The van der Waals surface area contributed by atoms with Gasteiger partial charge in [0.15, 0.2) is 0 Å². The molecule has 23 heavy (non-hydrogen) atoms. The third-order valence-corrected chi connectivity index (χ3v) is 5.10. The number of nitrogens with one attached hydrogen (secondary N) is 3. The SMILES string of the molecule is CNC(=O)C1(NC(=O)C2Cc3cc(Cl)ccc3N2)CCCCC1. The van der Waals surface area contributed by atoms with Crippen molar-refractivity contribution in [2.45, 2.75) is 50.1 Å². The van der Waals surface area contributed by atoms with Gasteiger partial charge in [-0.1, -0.05) is 30.9 Å². The number of amides is 2. The smallest absolute Gasteiger partial charge is 0.245 e. The van der Waals surface area contributed by atoms with Gasteiger partial charge in [-0.15, -0.1) is 0 Å². The summed E-state index contributed by atoms with van der Waals surface area (Å²) >= 11 is 6.01. The van der Waals surface area contributed by atoms with Gasteiger partial charge in [0.1, 0.15) is 11.6 Å². The monoisotopic (exact) mass is 335 g/mol. The molecule has 1 aromatic carbocycles. The Hall–Kier alpha value is -1.75. The van der Waals surface area contributed by atoms with Crippen molar-refractivity contribution in [2.75, 3.05) is 12.4 Å². The fourth-order valence-corrected chi connectivity index (χ4v) is 3.81. The molecule has 1 atom stereocenters. The van der Waals surface area contributed by atoms with Gasteiger partial charge >= 0.3 is 0 Å². The molecule has 3 rings (SSSR count). The van der Waals surface area contributed by atoms with E-state index < -0.39 is 5.54 Å². The molecule has 0 radical (unpaired) electrons. The van der Waals surface area contributed by atoms with Crippen LogP contribution in [0.1, 0.15) is 37.7 Å². The van der Waals surface area contributed by atoms with Crippen molar-refractivity contribution >= 4 is 29.1 Å². The highest BCUT2D eigenvalue weighted by atomic mass is 35.5. The number of carbonyl (C=O) groups is 2. The summed E-state index contributed by atoms with van der Waals surface area (Å²) in [6, 6.07) is 5.22. The number of halogens is 1. The van der Waals surface area contributed by atoms with E-state index >= 15 is 0 Å². The lowest BCUT2D eigenvalue weighted by Gasteiger charge is -2.37. The first-order valence-corrected chi connectivity index (χ1v) is 8.51. The van der Waals surface area contributed by atoms with Crippen LogP contribution in [-0.2, 0) is 16.0 Å². The maximum atomic E-state index is 12.7. The van der Waals surface area contributed by atoms with Crippen LogP contribution in [0.4, 0.5) is 5.69 Å². The van der Waals surface area contributed by atoms with Crippen molar-refractivity contribution in [1.82, 2.24) is 10.6 Å². The number of benzene rings is 1. The van der Waals surface area contributed by atoms with Gasteiger partial charge in [0.05, 0.1) is 0 Å². The zero-order valence-electron chi connectivity index (χ0n) is 13.2. The summed E-state index contributed by atoms with van der Waals surface area (Å²) < 4.78 is 0. The lowest BCUT2D eigenvalue weighted by Crippen LogP contribution is -2.61. The maximum absolute atomic E-state index is 12.7. The van der Waals surface area contributed by atoms with Crippen molar-refractivity contribution in [2.24, 2.45) is 0 Å². The third-order valence-electron chi connectivity index (χ3n) is 4.87. The quantitative estimate of drug-likeness (QED) is 0.793. The summed E-state index contributed by atoms with van der Waals surface area (Å²) in [6.07, 6.45) is 5.02. The van der Waals surface area contributed by atoms with Crippen LogP contribution < -0.4 is 16.0 Å². The van der Waals surface area contributed by atoms with Crippen molar-refractivity contribution in [1.29, 1.82) is 0 Å². The molecule has 1 aliphatic heterocycles. The molecule has 1 fully saturated rings. The Morgan fingerprint density at radius 3 is 2.70 bits per heavy atom. The van der Waals surface area contributed by atoms with Crippen molar-refractivity contribution in [3.05, 3.63) is 28.8 Å². The highest BCUT2D eigenvalue weighted by Gasteiger charge is 2.42. The molecule has 0 aromatic heterocycles. The first-order chi connectivity index (χ1) is 11.0. The molecule has 0 bridgehead atoms. The molecular formula is C17H22ClN3O2. The fraction of sp³-hybridized carbons (Fsp3) is 0.529. The number of hydrogen-bond acceptors (Lipinski definition) is 3. The molecule has 3 N–H and O–H groups in total. The Morgan fingerprint density at radius 1 is 1.26 bits per heavy atom. The van der Waals surface area contributed by atoms with Gasteiger partial charge in [-0.05, 0) is 36.6 Å². The van der Waals surface area contributed by atoms with Gasteiger partial charge in [-0.25, -0.2) is 0 Å². The second-order valence-corrected chi connectivity index (χ2v) is 6.85. The van der Waals surface area contributed by atoms with Crippen LogP contribution in [0.3, 0.4) is 0 Å². The van der Waals surface area contributed by atoms with E-state index in [2.05, 4.69) is 16.0 Å². The Bertz CT molecular complexity index is 626. The van der Waals surface area contributed by atoms with Crippen LogP contribution in [0.15, 0.2) is 18.2 Å². The van der Waals surface area contributed by atoms with Crippen LogP contribution in [0.25, 0.3) is 0 Å². The molecule has 124 valence electrons. The summed E-state index contributed by atoms with van der Waals surface area (Å²) in [5.41, 5.74) is 1.21. The summed E-state index contributed by atoms with van der Waals surface area (Å²) in [7, 11) is 1.62. The van der Waals surface area contributed by atoms with Gasteiger partial charge < -0.3 is 16.0 Å². The van der Waals surface area contributed by atoms with E-state index in [4.69, 9.17) is 11.6 Å². The average Bonchev–Trinajstić information content (AvgIpc) is 2.98. The van der Waals surface area contributed by atoms with E-state index in [0.29, 0.717) is 24.3 Å². The standard InChI is InChI=1S/C17H22ClN3O2/c1-19-16(23)17(7-3-2-4-8-17)21-15(22)14-10-11-9-12(18)5-6-13(11)20-14/h5-6,9,14,20H,2-4,7-8,10H2,1H3,(H,19,23)(H,21,22). The highest BCUT2D eigenvalue weighted by Crippen LogP contribution is 2.31. The summed E-state index contributed by atoms with van der Waals surface area (Å²) in [6.45, 7) is 0. The number of anilines is 1. The summed E-state index contributed by atoms with van der Waals surface area (Å²) in [5.74, 6) is -0.216. The predicted octanol–water partition coefficient (Wildman–Crippen LogP) is 2.24. The summed E-state index contributed by atoms with van der Waals surface area (Å²) in [4.78, 5) is 25.0. The van der Waals surface area contributed by atoms with E-state index in [0.717, 1.165) is 30.5 Å². The van der Waals surface area contributed by atoms with E-state index in [1.165, 1.54) is 0 Å². The van der Waals surface area contributed by atoms with Crippen LogP contribution in [0.2, 0.25) is 5.02 Å². The number of carbonyl (C=O) groups excluding carboxylic acids is 2. The normalized spacial score (nSPS) is 21.9. The van der Waals surface area contributed by atoms with E-state index in [-0.39, 0.29) is 17.9 Å². The fourth-order valence-electron chi connectivity index (χ4n) is 3.62. The molecule has 5 nitrogen and oxygen atoms in total. The molecule has 1 heterocycles. The Balaban J connectivity index is 1.72. The number of rotatable bonds is 3. The zero-order chi connectivity index (χ0) is 16.4. The topological polar surface area (TPSA) is 70.2 Å². The van der Waals surface area contributed by atoms with Crippen LogP contribution in [0, 0.1) is 0 Å². The van der Waals surface area contributed by atoms with E-state index in [1.807, 2.05) is 12.1 Å². The molecule has 1 saturated carbocycles. The number of fused-ring (bicyclic) bond motifs is 1. The largest absolute Gasteiger partial charge is 0.373 e. The Labute approximate surface area is 141 Å². The minimum atomic E-state index is -0.766. The van der Waals surface area contributed by atoms with Crippen molar-refractivity contribution < 1.29 is 9.59 Å².